The second-order valence-corrected chi connectivity index (χ2v) is 19.6. The van der Waals surface area contributed by atoms with Crippen LogP contribution in [0.2, 0.25) is 0 Å². The van der Waals surface area contributed by atoms with Crippen molar-refractivity contribution < 1.29 is 0 Å². The first-order chi connectivity index (χ1) is 21.2. The van der Waals surface area contributed by atoms with Gasteiger partial charge in [-0.05, 0) is 183 Å². The minimum absolute atomic E-state index is 0.409. The first kappa shape index (κ1) is 36.1. The van der Waals surface area contributed by atoms with E-state index >= 15 is 0 Å². The van der Waals surface area contributed by atoms with Crippen molar-refractivity contribution in [3.05, 3.63) is 0 Å². The molecule has 6 saturated heterocycles. The minimum atomic E-state index is 0.409. The highest BCUT2D eigenvalue weighted by molar-refractivity contribution is 4.98. The van der Waals surface area contributed by atoms with Gasteiger partial charge in [-0.2, -0.15) is 0 Å². The van der Waals surface area contributed by atoms with E-state index in [-0.39, 0.29) is 0 Å². The lowest BCUT2D eigenvalue weighted by Gasteiger charge is -2.47. The molecule has 0 aromatic carbocycles. The summed E-state index contributed by atoms with van der Waals surface area (Å²) in [4.78, 5) is 10.8. The molecule has 0 amide bonds. The van der Waals surface area contributed by atoms with Gasteiger partial charge in [0.15, 0.2) is 0 Å². The van der Waals surface area contributed by atoms with E-state index < -0.39 is 0 Å². The second-order valence-electron chi connectivity index (χ2n) is 19.6. The van der Waals surface area contributed by atoms with Crippen LogP contribution in [0.25, 0.3) is 0 Å². The molecule has 4 heteroatoms. The number of nitrogens with zero attached hydrogens (tertiary/aromatic N) is 4. The highest BCUT2D eigenvalue weighted by Gasteiger charge is 2.43. The Morgan fingerprint density at radius 3 is 1.27 bits per heavy atom. The van der Waals surface area contributed by atoms with E-state index in [0.29, 0.717) is 11.1 Å². The van der Waals surface area contributed by atoms with Crippen molar-refractivity contribution in [1.82, 2.24) is 19.6 Å². The molecule has 9 aliphatic rings. The van der Waals surface area contributed by atoms with Crippen LogP contribution in [-0.2, 0) is 0 Å². The number of likely N-dealkylation sites (tertiary alicyclic amines) is 2. The monoisotopic (exact) mass is 627 g/mol. The summed E-state index contributed by atoms with van der Waals surface area (Å²) in [7, 11) is 0. The van der Waals surface area contributed by atoms with Crippen molar-refractivity contribution in [1.29, 1.82) is 0 Å². The van der Waals surface area contributed by atoms with Gasteiger partial charge in [-0.15, -0.1) is 0 Å². The van der Waals surface area contributed by atoms with Crippen LogP contribution in [0.3, 0.4) is 0 Å². The van der Waals surface area contributed by atoms with Crippen LogP contribution >= 0.6 is 0 Å². The number of rotatable bonds is 2. The molecule has 0 N–H and O–H groups in total. The Bertz CT molecular complexity index is 860. The maximum absolute atomic E-state index is 2.77. The Morgan fingerprint density at radius 1 is 0.444 bits per heavy atom. The molecule has 0 radical (unpaired) electrons. The predicted octanol–water partition coefficient (Wildman–Crippen LogP) is 9.47. The molecular weight excluding hydrogens is 548 g/mol. The standard InChI is InChI=1S/C11H21N.3C10H19N/c1-11(2,3)12-9-5-4-6-10(12)8-7-9;1-10(2,3)11-7-8-4-5-9(11)6-8;1-8(2)11-7-9-3-5-10(11)6-4-9;1-8(2)11-6-9-3-4-10(5-9)7-11/h9-10H,4-8H2,1-3H3;8-9H,4-7H2,1-3H3;2*8-10H,3-7H2,1-2H3. The molecule has 9 fully saturated rings. The lowest BCUT2D eigenvalue weighted by molar-refractivity contribution is 0.0250. The number of hydrogen-bond acceptors (Lipinski definition) is 4. The zero-order chi connectivity index (χ0) is 32.5. The molecular formula is C41H78N4. The lowest BCUT2D eigenvalue weighted by atomic mass is 9.79. The minimum Gasteiger partial charge on any atom is -0.300 e. The third kappa shape index (κ3) is 9.30. The van der Waals surface area contributed by atoms with Gasteiger partial charge in [0.25, 0.3) is 0 Å². The van der Waals surface area contributed by atoms with Crippen LogP contribution in [0.4, 0.5) is 0 Å². The van der Waals surface area contributed by atoms with Crippen molar-refractivity contribution in [3.63, 3.8) is 0 Å². The molecule has 3 saturated carbocycles. The number of hydrogen-bond donors (Lipinski definition) is 0. The van der Waals surface area contributed by atoms with Crippen LogP contribution in [-0.4, -0.2) is 93.1 Å². The van der Waals surface area contributed by atoms with E-state index in [1.165, 1.54) is 122 Å². The summed E-state index contributed by atoms with van der Waals surface area (Å²) < 4.78 is 0. The van der Waals surface area contributed by atoms with E-state index in [9.17, 15) is 0 Å². The second kappa shape index (κ2) is 15.2. The van der Waals surface area contributed by atoms with Crippen LogP contribution in [0, 0.1) is 23.7 Å². The third-order valence-corrected chi connectivity index (χ3v) is 13.5. The maximum atomic E-state index is 2.77. The number of fused-ring (bicyclic) bond motifs is 9. The topological polar surface area (TPSA) is 13.0 Å². The molecule has 4 nitrogen and oxygen atoms in total. The Balaban J connectivity index is 0.000000119. The summed E-state index contributed by atoms with van der Waals surface area (Å²) in [5.41, 5.74) is 0.825. The fourth-order valence-electron chi connectivity index (χ4n) is 11.4. The molecule has 6 unspecified atom stereocenters. The van der Waals surface area contributed by atoms with E-state index in [4.69, 9.17) is 0 Å². The smallest absolute Gasteiger partial charge is 0.0130 e. The van der Waals surface area contributed by atoms with Crippen LogP contribution < -0.4 is 0 Å². The van der Waals surface area contributed by atoms with Crippen molar-refractivity contribution in [2.75, 3.05) is 26.2 Å². The van der Waals surface area contributed by atoms with Gasteiger partial charge >= 0.3 is 0 Å². The summed E-state index contributed by atoms with van der Waals surface area (Å²) in [6.45, 7) is 29.0. The largest absolute Gasteiger partial charge is 0.300 e. The quantitative estimate of drug-likeness (QED) is 0.303. The van der Waals surface area contributed by atoms with Crippen LogP contribution in [0.5, 0.6) is 0 Å². The van der Waals surface area contributed by atoms with Crippen molar-refractivity contribution in [2.45, 2.75) is 213 Å². The fourth-order valence-corrected chi connectivity index (χ4v) is 11.4. The molecule has 9 rings (SSSR count). The van der Waals surface area contributed by atoms with E-state index in [0.717, 1.165) is 59.9 Å². The zero-order valence-corrected chi connectivity index (χ0v) is 32.0. The van der Waals surface area contributed by atoms with Gasteiger partial charge < -0.3 is 4.90 Å². The zero-order valence-electron chi connectivity index (χ0n) is 32.0. The van der Waals surface area contributed by atoms with Gasteiger partial charge in [0.1, 0.15) is 0 Å². The fraction of sp³-hybridized carbons (Fsp3) is 1.00. The Morgan fingerprint density at radius 2 is 0.933 bits per heavy atom. The highest BCUT2D eigenvalue weighted by atomic mass is 15.3. The Labute approximate surface area is 281 Å². The molecule has 8 bridgehead atoms. The SMILES string of the molecule is CC(C)(C)N1C2CCCC1CC2.CC(C)(C)N1CC2CCC1C2.CC(C)N1CC2CCC(C2)C1.CC(C)N1CC2CCC1CC2. The summed E-state index contributed by atoms with van der Waals surface area (Å²) in [5.74, 6) is 4.19. The Kier molecular flexibility index (Phi) is 12.2. The first-order valence-corrected chi connectivity index (χ1v) is 20.2. The number of piperidine rings is 5. The van der Waals surface area contributed by atoms with Gasteiger partial charge in [0, 0.05) is 73.5 Å². The summed E-state index contributed by atoms with van der Waals surface area (Å²) in [5, 5.41) is 0. The van der Waals surface area contributed by atoms with Gasteiger partial charge in [0.2, 0.25) is 0 Å². The van der Waals surface area contributed by atoms with Gasteiger partial charge in [0.05, 0.1) is 0 Å². The molecule has 262 valence electrons. The summed E-state index contributed by atoms with van der Waals surface area (Å²) in [6, 6.07) is 5.27. The van der Waals surface area contributed by atoms with Crippen molar-refractivity contribution in [2.24, 2.45) is 23.7 Å². The normalized spacial score (nSPS) is 38.1. The molecule has 45 heavy (non-hydrogen) atoms. The molecule has 6 atom stereocenters. The lowest BCUT2D eigenvalue weighted by Crippen LogP contribution is -2.51. The molecule has 3 aliphatic carbocycles. The third-order valence-electron chi connectivity index (χ3n) is 13.5. The van der Waals surface area contributed by atoms with E-state index in [1.807, 2.05) is 0 Å². The highest BCUT2D eigenvalue weighted by Crippen LogP contribution is 2.42. The molecule has 6 heterocycles. The summed E-state index contributed by atoms with van der Waals surface area (Å²) >= 11 is 0. The maximum Gasteiger partial charge on any atom is 0.0130 e. The van der Waals surface area contributed by atoms with Gasteiger partial charge in [-0.1, -0.05) is 6.42 Å². The van der Waals surface area contributed by atoms with Gasteiger partial charge in [-0.25, -0.2) is 0 Å². The van der Waals surface area contributed by atoms with Crippen LogP contribution in [0.15, 0.2) is 0 Å². The predicted molar refractivity (Wildman–Crippen MR) is 195 cm³/mol. The van der Waals surface area contributed by atoms with Gasteiger partial charge in [-0.3, -0.25) is 14.7 Å². The Hall–Kier alpha value is -0.160. The van der Waals surface area contributed by atoms with Crippen molar-refractivity contribution >= 4 is 0 Å². The molecule has 0 aromatic rings. The van der Waals surface area contributed by atoms with E-state index in [2.05, 4.69) is 88.8 Å². The van der Waals surface area contributed by atoms with Crippen molar-refractivity contribution in [3.8, 4) is 0 Å². The summed E-state index contributed by atoms with van der Waals surface area (Å²) in [6.07, 6.45) is 22.3. The van der Waals surface area contributed by atoms with Crippen LogP contribution in [0.1, 0.15) is 166 Å². The molecule has 0 aromatic heterocycles. The first-order valence-electron chi connectivity index (χ1n) is 20.2. The van der Waals surface area contributed by atoms with E-state index in [1.54, 1.807) is 0 Å². The molecule has 0 spiro atoms. The average molecular weight is 627 g/mol. The molecule has 6 aliphatic heterocycles. The average Bonchev–Trinajstić information content (AvgIpc) is 3.77.